The maximum absolute atomic E-state index is 5.96. The zero-order valence-corrected chi connectivity index (χ0v) is 15.3. The Labute approximate surface area is 133 Å². The van der Waals surface area contributed by atoms with Crippen LogP contribution in [-0.4, -0.2) is 19.0 Å². The molecule has 126 valence electrons. The van der Waals surface area contributed by atoms with Gasteiger partial charge >= 0.3 is 0 Å². The lowest BCUT2D eigenvalue weighted by molar-refractivity contribution is -0.292. The van der Waals surface area contributed by atoms with Crippen LogP contribution in [0.4, 0.5) is 0 Å². The van der Waals surface area contributed by atoms with Crippen LogP contribution in [0.3, 0.4) is 0 Å². The van der Waals surface area contributed by atoms with E-state index in [0.717, 1.165) is 31.5 Å². The van der Waals surface area contributed by atoms with Crippen molar-refractivity contribution in [3.63, 3.8) is 0 Å². The molecule has 0 aromatic carbocycles. The number of unbranched alkanes of at least 4 members (excludes halogenated alkanes) is 1. The Bertz CT molecular complexity index is 273. The molecule has 1 saturated heterocycles. The van der Waals surface area contributed by atoms with Gasteiger partial charge < -0.3 is 9.47 Å². The van der Waals surface area contributed by atoms with Gasteiger partial charge in [-0.05, 0) is 25.2 Å². The summed E-state index contributed by atoms with van der Waals surface area (Å²) in [6.07, 6.45) is 9.04. The monoisotopic (exact) mass is 298 g/mol. The van der Waals surface area contributed by atoms with Crippen LogP contribution in [0.2, 0.25) is 0 Å². The van der Waals surface area contributed by atoms with Crippen molar-refractivity contribution in [1.82, 2.24) is 0 Å². The van der Waals surface area contributed by atoms with Crippen molar-refractivity contribution in [3.8, 4) is 0 Å². The summed E-state index contributed by atoms with van der Waals surface area (Å²) in [5.74, 6) is 1.38. The van der Waals surface area contributed by atoms with E-state index in [1.54, 1.807) is 0 Å². The third-order valence-electron chi connectivity index (χ3n) is 4.59. The molecule has 0 spiro atoms. The van der Waals surface area contributed by atoms with Crippen LogP contribution >= 0.6 is 0 Å². The van der Waals surface area contributed by atoms with Gasteiger partial charge in [-0.15, -0.1) is 0 Å². The maximum Gasteiger partial charge on any atom is 0.165 e. The fraction of sp³-hybridized carbons (Fsp3) is 1.00. The van der Waals surface area contributed by atoms with E-state index in [4.69, 9.17) is 9.47 Å². The highest BCUT2D eigenvalue weighted by molar-refractivity contribution is 4.77. The van der Waals surface area contributed by atoms with E-state index >= 15 is 0 Å². The van der Waals surface area contributed by atoms with E-state index in [9.17, 15) is 0 Å². The highest BCUT2D eigenvalue weighted by atomic mass is 16.7. The van der Waals surface area contributed by atoms with Gasteiger partial charge in [0.25, 0.3) is 0 Å². The van der Waals surface area contributed by atoms with Crippen molar-refractivity contribution in [2.24, 2.45) is 17.3 Å². The molecule has 1 fully saturated rings. The second kappa shape index (κ2) is 8.53. The van der Waals surface area contributed by atoms with Crippen LogP contribution < -0.4 is 0 Å². The van der Waals surface area contributed by atoms with Gasteiger partial charge in [0.2, 0.25) is 0 Å². The summed E-state index contributed by atoms with van der Waals surface area (Å²) in [7, 11) is 0. The summed E-state index contributed by atoms with van der Waals surface area (Å²) >= 11 is 0. The Morgan fingerprint density at radius 3 is 1.95 bits per heavy atom. The number of ether oxygens (including phenoxy) is 2. The first kappa shape index (κ1) is 19.0. The molecule has 0 aliphatic carbocycles. The van der Waals surface area contributed by atoms with Gasteiger partial charge in [-0.3, -0.25) is 0 Å². The van der Waals surface area contributed by atoms with Crippen LogP contribution in [0, 0.1) is 17.3 Å². The van der Waals surface area contributed by atoms with Crippen molar-refractivity contribution in [3.05, 3.63) is 0 Å². The Kier molecular flexibility index (Phi) is 7.70. The lowest BCUT2D eigenvalue weighted by Crippen LogP contribution is -2.45. The van der Waals surface area contributed by atoms with Crippen molar-refractivity contribution < 1.29 is 9.47 Å². The van der Waals surface area contributed by atoms with Crippen molar-refractivity contribution in [1.29, 1.82) is 0 Å². The van der Waals surface area contributed by atoms with Gasteiger partial charge in [-0.1, -0.05) is 66.7 Å². The highest BCUT2D eigenvalue weighted by Crippen LogP contribution is 2.32. The maximum atomic E-state index is 5.96. The SMILES string of the molecule is CC(C)CCCC(C)CCCCC1(C)OCC(C)(C)CO1. The summed E-state index contributed by atoms with van der Waals surface area (Å²) in [6.45, 7) is 15.2. The first-order chi connectivity index (χ1) is 9.72. The summed E-state index contributed by atoms with van der Waals surface area (Å²) in [5, 5.41) is 0. The molecule has 1 aliphatic rings. The van der Waals surface area contributed by atoms with Gasteiger partial charge in [0.1, 0.15) is 0 Å². The molecular weight excluding hydrogens is 260 g/mol. The van der Waals surface area contributed by atoms with Crippen molar-refractivity contribution in [2.75, 3.05) is 13.2 Å². The molecule has 21 heavy (non-hydrogen) atoms. The predicted molar refractivity (Wildman–Crippen MR) is 90.4 cm³/mol. The van der Waals surface area contributed by atoms with Crippen molar-refractivity contribution >= 4 is 0 Å². The third-order valence-corrected chi connectivity index (χ3v) is 4.59. The first-order valence-electron chi connectivity index (χ1n) is 9.00. The second-order valence-corrected chi connectivity index (χ2v) is 8.55. The van der Waals surface area contributed by atoms with Gasteiger partial charge in [-0.25, -0.2) is 0 Å². The summed E-state index contributed by atoms with van der Waals surface area (Å²) in [5.41, 5.74) is 0.171. The molecule has 1 unspecified atom stereocenters. The quantitative estimate of drug-likeness (QED) is 0.501. The van der Waals surface area contributed by atoms with Gasteiger partial charge in [0, 0.05) is 11.8 Å². The Hall–Kier alpha value is -0.0800. The average molecular weight is 299 g/mol. The smallest absolute Gasteiger partial charge is 0.165 e. The minimum absolute atomic E-state index is 0.171. The minimum Gasteiger partial charge on any atom is -0.350 e. The van der Waals surface area contributed by atoms with Crippen LogP contribution in [0.15, 0.2) is 0 Å². The molecule has 1 atom stereocenters. The molecule has 2 heteroatoms. The molecule has 0 N–H and O–H groups in total. The molecule has 0 radical (unpaired) electrons. The van der Waals surface area contributed by atoms with Gasteiger partial charge in [0.05, 0.1) is 13.2 Å². The van der Waals surface area contributed by atoms with Crippen LogP contribution in [0.5, 0.6) is 0 Å². The van der Waals surface area contributed by atoms with Crippen LogP contribution in [0.1, 0.15) is 86.5 Å². The summed E-state index contributed by atoms with van der Waals surface area (Å²) in [4.78, 5) is 0. The molecular formula is C19H38O2. The van der Waals surface area contributed by atoms with E-state index in [1.165, 1.54) is 38.5 Å². The average Bonchev–Trinajstić information content (AvgIpc) is 2.39. The molecule has 0 aromatic heterocycles. The van der Waals surface area contributed by atoms with E-state index < -0.39 is 0 Å². The minimum atomic E-state index is -0.337. The molecule has 1 aliphatic heterocycles. The molecule has 0 saturated carbocycles. The standard InChI is InChI=1S/C19H38O2/c1-16(2)10-9-12-17(3)11-7-8-13-19(6)20-14-18(4,5)15-21-19/h16-17H,7-15H2,1-6H3. The molecule has 0 aromatic rings. The molecule has 1 heterocycles. The highest BCUT2D eigenvalue weighted by Gasteiger charge is 2.36. The Morgan fingerprint density at radius 2 is 1.38 bits per heavy atom. The number of hydrogen-bond donors (Lipinski definition) is 0. The van der Waals surface area contributed by atoms with Gasteiger partial charge in [-0.2, -0.15) is 0 Å². The largest absolute Gasteiger partial charge is 0.350 e. The normalized spacial score (nSPS) is 22.4. The molecule has 0 bridgehead atoms. The zero-order chi connectivity index (χ0) is 15.9. The number of hydrogen-bond acceptors (Lipinski definition) is 2. The van der Waals surface area contributed by atoms with Gasteiger partial charge in [0.15, 0.2) is 5.79 Å². The van der Waals surface area contributed by atoms with E-state index in [1.807, 2.05) is 0 Å². The van der Waals surface area contributed by atoms with Crippen LogP contribution in [0.25, 0.3) is 0 Å². The van der Waals surface area contributed by atoms with E-state index in [2.05, 4.69) is 41.5 Å². The van der Waals surface area contributed by atoms with Crippen molar-refractivity contribution in [2.45, 2.75) is 92.3 Å². The Morgan fingerprint density at radius 1 is 0.810 bits per heavy atom. The second-order valence-electron chi connectivity index (χ2n) is 8.55. The van der Waals surface area contributed by atoms with E-state index in [0.29, 0.717) is 0 Å². The zero-order valence-electron chi connectivity index (χ0n) is 15.3. The Balaban J connectivity index is 2.08. The first-order valence-corrected chi connectivity index (χ1v) is 9.00. The van der Waals surface area contributed by atoms with Crippen LogP contribution in [-0.2, 0) is 9.47 Å². The molecule has 1 rings (SSSR count). The van der Waals surface area contributed by atoms with E-state index in [-0.39, 0.29) is 11.2 Å². The summed E-state index contributed by atoms with van der Waals surface area (Å²) in [6, 6.07) is 0. The fourth-order valence-corrected chi connectivity index (χ4v) is 2.88. The lowest BCUT2D eigenvalue weighted by atomic mass is 9.93. The summed E-state index contributed by atoms with van der Waals surface area (Å²) < 4.78 is 11.9. The fourth-order valence-electron chi connectivity index (χ4n) is 2.88. The molecule has 2 nitrogen and oxygen atoms in total. The third kappa shape index (κ3) is 8.21. The topological polar surface area (TPSA) is 18.5 Å². The number of rotatable bonds is 9. The predicted octanol–water partition coefficient (Wildman–Crippen LogP) is 5.80. The molecule has 0 amide bonds. The lowest BCUT2D eigenvalue weighted by Gasteiger charge is -2.41.